The molecule has 1 heteroatoms. The number of carbonyl (C=O) groups excluding carboxylic acids is 1. The highest BCUT2D eigenvalue weighted by molar-refractivity contribution is 5.80. The molecule has 0 bridgehead atoms. The van der Waals surface area contributed by atoms with E-state index in [4.69, 9.17) is 0 Å². The highest BCUT2D eigenvalue weighted by Crippen LogP contribution is 2.68. The fourth-order valence-electron chi connectivity index (χ4n) is 6.88. The molecule has 0 aromatic heterocycles. The van der Waals surface area contributed by atoms with Crippen LogP contribution in [0.3, 0.4) is 0 Å². The molecule has 0 saturated heterocycles. The van der Waals surface area contributed by atoms with Crippen LogP contribution in [-0.4, -0.2) is 5.78 Å². The summed E-state index contributed by atoms with van der Waals surface area (Å²) in [6.07, 6.45) is 14.5. The molecule has 3 fully saturated rings. The number of Topliss-reactive ketones (excluding diaryl/α,β-unsaturated/α-hetero) is 1. The maximum Gasteiger partial charge on any atom is 0.133 e. The van der Waals surface area contributed by atoms with E-state index in [1.54, 1.807) is 0 Å². The Bertz CT molecular complexity index is 506. The minimum absolute atomic E-state index is 0.281. The molecule has 0 aliphatic heterocycles. The van der Waals surface area contributed by atoms with Crippen LogP contribution in [0.2, 0.25) is 0 Å². The van der Waals surface area contributed by atoms with Gasteiger partial charge in [-0.25, -0.2) is 0 Å². The lowest BCUT2D eigenvalue weighted by Crippen LogP contribution is -2.57. The summed E-state index contributed by atoms with van der Waals surface area (Å²) >= 11 is 0. The van der Waals surface area contributed by atoms with E-state index in [0.29, 0.717) is 16.6 Å². The molecule has 0 spiro atoms. The Balaban J connectivity index is 0.000000753. The molecule has 4 aliphatic rings. The number of rotatable bonds is 0. The maximum absolute atomic E-state index is 12.0. The molecule has 23 heavy (non-hydrogen) atoms. The van der Waals surface area contributed by atoms with Crippen LogP contribution >= 0.6 is 0 Å². The van der Waals surface area contributed by atoms with Crippen molar-refractivity contribution in [3.05, 3.63) is 12.2 Å². The summed E-state index contributed by atoms with van der Waals surface area (Å²) in [5.74, 6) is 3.18. The molecular formula is C22H36O. The van der Waals surface area contributed by atoms with E-state index in [1.165, 1.54) is 32.1 Å². The zero-order valence-electron chi connectivity index (χ0n) is 16.0. The van der Waals surface area contributed by atoms with Crippen molar-refractivity contribution in [2.45, 2.75) is 86.0 Å². The van der Waals surface area contributed by atoms with Crippen LogP contribution in [0.25, 0.3) is 0 Å². The molecule has 3 saturated carbocycles. The van der Waals surface area contributed by atoms with Crippen molar-refractivity contribution in [1.29, 1.82) is 0 Å². The van der Waals surface area contributed by atoms with E-state index in [-0.39, 0.29) is 5.41 Å². The fourth-order valence-corrected chi connectivity index (χ4v) is 6.88. The molecular weight excluding hydrogens is 280 g/mol. The molecule has 6 atom stereocenters. The first-order chi connectivity index (χ1) is 10.9. The third-order valence-electron chi connectivity index (χ3n) is 8.50. The lowest BCUT2D eigenvalue weighted by Gasteiger charge is -2.63. The van der Waals surface area contributed by atoms with Gasteiger partial charge in [0.1, 0.15) is 5.78 Å². The average Bonchev–Trinajstić information content (AvgIpc) is 2.92. The summed E-state index contributed by atoms with van der Waals surface area (Å²) in [5, 5.41) is 0. The van der Waals surface area contributed by atoms with Gasteiger partial charge in [-0.2, -0.15) is 0 Å². The Hall–Kier alpha value is -0.590. The topological polar surface area (TPSA) is 17.1 Å². The predicted molar refractivity (Wildman–Crippen MR) is 97.2 cm³/mol. The van der Waals surface area contributed by atoms with Crippen molar-refractivity contribution in [2.24, 2.45) is 34.0 Å². The highest BCUT2D eigenvalue weighted by Gasteiger charge is 2.61. The van der Waals surface area contributed by atoms with Gasteiger partial charge >= 0.3 is 0 Å². The van der Waals surface area contributed by atoms with E-state index >= 15 is 0 Å². The third kappa shape index (κ3) is 2.36. The van der Waals surface area contributed by atoms with Gasteiger partial charge in [-0.3, -0.25) is 4.79 Å². The highest BCUT2D eigenvalue weighted by atomic mass is 16.1. The minimum atomic E-state index is 0.281. The average molecular weight is 317 g/mol. The molecule has 0 aromatic carbocycles. The molecule has 4 rings (SSSR count). The molecule has 0 amide bonds. The second-order valence-corrected chi connectivity index (χ2v) is 9.29. The van der Waals surface area contributed by atoms with Gasteiger partial charge in [-0.1, -0.05) is 46.8 Å². The standard InChI is InChI=1S/C20H30O.C2H6/c1-18-9-4-5-16(18)15-7-11-19(2)13-14(21)6-12-20(19,3)17(15)8-10-18;1-2/h4,9,15-17H,5-8,10-13H2,1-3H3;1-2H3/t15?,16?,17?,18?,19-,20?;/m0./s1. The Morgan fingerprint density at radius 2 is 1.74 bits per heavy atom. The zero-order valence-corrected chi connectivity index (χ0v) is 16.0. The molecule has 0 radical (unpaired) electrons. The zero-order chi connectivity index (χ0) is 16.9. The van der Waals surface area contributed by atoms with Crippen LogP contribution in [0.1, 0.15) is 86.0 Å². The molecule has 0 heterocycles. The number of allylic oxidation sites excluding steroid dienone is 2. The lowest BCUT2D eigenvalue weighted by atomic mass is 9.41. The van der Waals surface area contributed by atoms with Gasteiger partial charge in [-0.15, -0.1) is 0 Å². The molecule has 1 nitrogen and oxygen atoms in total. The summed E-state index contributed by atoms with van der Waals surface area (Å²) in [7, 11) is 0. The SMILES string of the molecule is CC.CC12C=CCC1C1CC[C@@]3(C)CC(=O)CCC3(C)C1CC2. The van der Waals surface area contributed by atoms with Crippen molar-refractivity contribution in [2.75, 3.05) is 0 Å². The fraction of sp³-hybridized carbons (Fsp3) is 0.864. The smallest absolute Gasteiger partial charge is 0.133 e. The molecule has 0 N–H and O–H groups in total. The van der Waals surface area contributed by atoms with Gasteiger partial charge in [0.15, 0.2) is 0 Å². The van der Waals surface area contributed by atoms with Gasteiger partial charge < -0.3 is 0 Å². The second-order valence-electron chi connectivity index (χ2n) is 9.29. The van der Waals surface area contributed by atoms with Gasteiger partial charge in [0.2, 0.25) is 0 Å². The van der Waals surface area contributed by atoms with Crippen LogP contribution in [0, 0.1) is 34.0 Å². The molecule has 4 aliphatic carbocycles. The van der Waals surface area contributed by atoms with E-state index in [9.17, 15) is 4.79 Å². The number of hydrogen-bond donors (Lipinski definition) is 0. The Morgan fingerprint density at radius 1 is 1.00 bits per heavy atom. The normalized spacial score (nSPS) is 51.2. The van der Waals surface area contributed by atoms with Crippen LogP contribution in [0.15, 0.2) is 12.2 Å². The predicted octanol–water partition coefficient (Wildman–Crippen LogP) is 6.18. The number of carbonyl (C=O) groups is 1. The van der Waals surface area contributed by atoms with Crippen LogP contribution < -0.4 is 0 Å². The largest absolute Gasteiger partial charge is 0.300 e. The third-order valence-corrected chi connectivity index (χ3v) is 8.50. The summed E-state index contributed by atoms with van der Waals surface area (Å²) in [4.78, 5) is 12.0. The lowest BCUT2D eigenvalue weighted by molar-refractivity contribution is -0.158. The van der Waals surface area contributed by atoms with Gasteiger partial charge in [0.05, 0.1) is 0 Å². The number of fused-ring (bicyclic) bond motifs is 5. The summed E-state index contributed by atoms with van der Waals surface area (Å²) < 4.78 is 0. The molecule has 130 valence electrons. The number of ketones is 1. The van der Waals surface area contributed by atoms with Crippen molar-refractivity contribution in [3.8, 4) is 0 Å². The maximum atomic E-state index is 12.0. The minimum Gasteiger partial charge on any atom is -0.300 e. The first-order valence-corrected chi connectivity index (χ1v) is 10.1. The van der Waals surface area contributed by atoms with Crippen molar-refractivity contribution >= 4 is 5.78 Å². The van der Waals surface area contributed by atoms with Crippen LogP contribution in [0.4, 0.5) is 0 Å². The second kappa shape index (κ2) is 5.74. The molecule has 5 unspecified atom stereocenters. The van der Waals surface area contributed by atoms with Crippen LogP contribution in [-0.2, 0) is 4.79 Å². The van der Waals surface area contributed by atoms with E-state index in [0.717, 1.165) is 37.0 Å². The number of hydrogen-bond acceptors (Lipinski definition) is 1. The van der Waals surface area contributed by atoms with E-state index in [2.05, 4.69) is 32.9 Å². The van der Waals surface area contributed by atoms with E-state index in [1.807, 2.05) is 13.8 Å². The summed E-state index contributed by atoms with van der Waals surface area (Å²) in [6, 6.07) is 0. The first-order valence-electron chi connectivity index (χ1n) is 10.1. The van der Waals surface area contributed by atoms with Gasteiger partial charge in [0, 0.05) is 12.8 Å². The Labute approximate surface area is 143 Å². The monoisotopic (exact) mass is 316 g/mol. The van der Waals surface area contributed by atoms with Crippen molar-refractivity contribution < 1.29 is 4.79 Å². The quantitative estimate of drug-likeness (QED) is 0.488. The van der Waals surface area contributed by atoms with Crippen molar-refractivity contribution in [1.82, 2.24) is 0 Å². The van der Waals surface area contributed by atoms with Crippen LogP contribution in [0.5, 0.6) is 0 Å². The molecule has 0 aromatic rings. The Morgan fingerprint density at radius 3 is 2.48 bits per heavy atom. The first kappa shape index (κ1) is 17.2. The van der Waals surface area contributed by atoms with E-state index < -0.39 is 0 Å². The summed E-state index contributed by atoms with van der Waals surface area (Å²) in [5.41, 5.74) is 1.17. The van der Waals surface area contributed by atoms with Gasteiger partial charge in [0.25, 0.3) is 0 Å². The van der Waals surface area contributed by atoms with Gasteiger partial charge in [-0.05, 0) is 72.5 Å². The van der Waals surface area contributed by atoms with Crippen molar-refractivity contribution in [3.63, 3.8) is 0 Å². The Kier molecular flexibility index (Phi) is 4.30. The summed E-state index contributed by atoms with van der Waals surface area (Å²) in [6.45, 7) is 11.5.